The molecule has 0 fully saturated rings. The number of hydrogen-bond donors (Lipinski definition) is 1. The van der Waals surface area contributed by atoms with E-state index >= 15 is 0 Å². The van der Waals surface area contributed by atoms with Gasteiger partial charge in [0.05, 0.1) is 13.0 Å². The molecule has 0 aromatic heterocycles. The predicted molar refractivity (Wildman–Crippen MR) is 163 cm³/mol. The molecule has 0 saturated heterocycles. The summed E-state index contributed by atoms with van der Waals surface area (Å²) in [6, 6.07) is 23.8. The van der Waals surface area contributed by atoms with Gasteiger partial charge in [-0.1, -0.05) is 62.6 Å². The number of nitrogens with zero attached hydrogens (tertiary/aromatic N) is 2. The zero-order valence-corrected chi connectivity index (χ0v) is 24.4. The van der Waals surface area contributed by atoms with Crippen molar-refractivity contribution in [2.45, 2.75) is 62.2 Å². The van der Waals surface area contributed by atoms with Crippen LogP contribution in [0.3, 0.4) is 0 Å². The maximum absolute atomic E-state index is 13.5. The molecule has 7 heteroatoms. The quantitative estimate of drug-likeness (QED) is 0.164. The molecule has 0 bridgehead atoms. The summed E-state index contributed by atoms with van der Waals surface area (Å²) >= 11 is 1.63. The van der Waals surface area contributed by atoms with Crippen molar-refractivity contribution in [1.82, 2.24) is 0 Å². The van der Waals surface area contributed by atoms with Gasteiger partial charge < -0.3 is 15.0 Å². The number of hydrogen-bond acceptors (Lipinski definition) is 5. The molecule has 6 nitrogen and oxygen atoms in total. The Bertz CT molecular complexity index is 1180. The lowest BCUT2D eigenvalue weighted by Crippen LogP contribution is -2.35. The van der Waals surface area contributed by atoms with Crippen LogP contribution >= 0.6 is 11.8 Å². The monoisotopic (exact) mass is 547 g/mol. The highest BCUT2D eigenvalue weighted by Gasteiger charge is 2.17. The van der Waals surface area contributed by atoms with Crippen LogP contribution in [0.25, 0.3) is 0 Å². The number of carbonyl (C=O) groups is 2. The number of anilines is 3. The number of carbonyl (C=O) groups excluding carboxylic acids is 2. The van der Waals surface area contributed by atoms with Crippen LogP contribution in [0.1, 0.15) is 51.5 Å². The number of urea groups is 1. The first-order valence-corrected chi connectivity index (χ1v) is 14.6. The minimum Gasteiger partial charge on any atom is -0.466 e. The maximum Gasteiger partial charge on any atom is 0.326 e. The molecule has 208 valence electrons. The molecule has 1 N–H and O–H groups in total. The fourth-order valence-electron chi connectivity index (χ4n) is 4.16. The molecule has 0 atom stereocenters. The van der Waals surface area contributed by atoms with E-state index < -0.39 is 0 Å². The van der Waals surface area contributed by atoms with E-state index in [1.54, 1.807) is 11.8 Å². The van der Waals surface area contributed by atoms with Crippen molar-refractivity contribution < 1.29 is 14.3 Å². The van der Waals surface area contributed by atoms with Crippen molar-refractivity contribution in [3.05, 3.63) is 78.4 Å². The SMILES string of the molecule is CCCCCCCN(C(=O)Nc1ccc(N(C)C)cc1)c1cccc(Sc2ccc(CC(=O)OCC)cc2)c1. The number of unbranched alkanes of at least 4 members (excludes halogenated alkanes) is 4. The van der Waals surface area contributed by atoms with Gasteiger partial charge in [0, 0.05) is 47.5 Å². The van der Waals surface area contributed by atoms with Crippen molar-refractivity contribution in [2.75, 3.05) is 42.4 Å². The summed E-state index contributed by atoms with van der Waals surface area (Å²) in [5.41, 5.74) is 3.65. The topological polar surface area (TPSA) is 61.9 Å². The summed E-state index contributed by atoms with van der Waals surface area (Å²) in [4.78, 5) is 31.2. The van der Waals surface area contributed by atoms with Crippen molar-refractivity contribution in [3.8, 4) is 0 Å². The molecule has 0 saturated carbocycles. The molecule has 39 heavy (non-hydrogen) atoms. The van der Waals surface area contributed by atoms with Crippen molar-refractivity contribution in [3.63, 3.8) is 0 Å². The molecule has 0 spiro atoms. The van der Waals surface area contributed by atoms with Crippen LogP contribution < -0.4 is 15.1 Å². The number of esters is 1. The summed E-state index contributed by atoms with van der Waals surface area (Å²) in [5, 5.41) is 3.08. The van der Waals surface area contributed by atoms with Gasteiger partial charge in [-0.3, -0.25) is 9.69 Å². The Morgan fingerprint density at radius 2 is 1.54 bits per heavy atom. The minimum atomic E-state index is -0.215. The third-order valence-corrected chi connectivity index (χ3v) is 7.31. The Kier molecular flexibility index (Phi) is 12.2. The van der Waals surface area contributed by atoms with E-state index in [-0.39, 0.29) is 18.4 Å². The van der Waals surface area contributed by atoms with E-state index in [9.17, 15) is 9.59 Å². The highest BCUT2D eigenvalue weighted by atomic mass is 32.2. The number of rotatable bonds is 14. The molecular weight excluding hydrogens is 506 g/mol. The van der Waals surface area contributed by atoms with Crippen molar-refractivity contribution >= 4 is 40.8 Å². The number of ether oxygens (including phenoxy) is 1. The molecule has 0 aliphatic heterocycles. The zero-order chi connectivity index (χ0) is 28.0. The molecule has 0 aliphatic carbocycles. The number of benzene rings is 3. The molecule has 2 amide bonds. The van der Waals surface area contributed by atoms with Gasteiger partial charge in [-0.05, 0) is 73.5 Å². The van der Waals surface area contributed by atoms with E-state index in [0.717, 1.165) is 45.3 Å². The summed E-state index contributed by atoms with van der Waals surface area (Å²) in [6.45, 7) is 5.06. The Labute approximate surface area is 237 Å². The Morgan fingerprint density at radius 1 is 0.821 bits per heavy atom. The summed E-state index contributed by atoms with van der Waals surface area (Å²) in [6.07, 6.45) is 5.91. The smallest absolute Gasteiger partial charge is 0.326 e. The molecule has 3 rings (SSSR count). The van der Waals surface area contributed by atoms with E-state index in [2.05, 4.69) is 24.4 Å². The van der Waals surface area contributed by atoms with Gasteiger partial charge >= 0.3 is 12.0 Å². The Hall–Kier alpha value is -3.45. The molecule has 0 unspecified atom stereocenters. The zero-order valence-electron chi connectivity index (χ0n) is 23.6. The molecule has 3 aromatic rings. The van der Waals surface area contributed by atoms with Gasteiger partial charge in [-0.2, -0.15) is 0 Å². The average Bonchev–Trinajstić information content (AvgIpc) is 2.92. The highest BCUT2D eigenvalue weighted by Crippen LogP contribution is 2.31. The van der Waals surface area contributed by atoms with Crippen LogP contribution in [0.2, 0.25) is 0 Å². The van der Waals surface area contributed by atoms with Crippen LogP contribution in [0, 0.1) is 0 Å². The normalized spacial score (nSPS) is 10.7. The van der Waals surface area contributed by atoms with Crippen molar-refractivity contribution in [1.29, 1.82) is 0 Å². The lowest BCUT2D eigenvalue weighted by atomic mass is 10.1. The summed E-state index contributed by atoms with van der Waals surface area (Å²) < 4.78 is 5.04. The molecular formula is C32H41N3O3S. The van der Waals surface area contributed by atoms with Gasteiger partial charge in [-0.15, -0.1) is 0 Å². The second-order valence-corrected chi connectivity index (χ2v) is 10.8. The summed E-state index contributed by atoms with van der Waals surface area (Å²) in [5.74, 6) is -0.215. The van der Waals surface area contributed by atoms with E-state index in [0.29, 0.717) is 13.2 Å². The highest BCUT2D eigenvalue weighted by molar-refractivity contribution is 7.99. The maximum atomic E-state index is 13.5. The molecule has 0 radical (unpaired) electrons. The largest absolute Gasteiger partial charge is 0.466 e. The predicted octanol–water partition coefficient (Wildman–Crippen LogP) is 8.02. The fourth-order valence-corrected chi connectivity index (χ4v) is 5.03. The molecule has 3 aromatic carbocycles. The fraction of sp³-hybridized carbons (Fsp3) is 0.375. The number of amides is 2. The summed E-state index contributed by atoms with van der Waals surface area (Å²) in [7, 11) is 3.99. The lowest BCUT2D eigenvalue weighted by Gasteiger charge is -2.24. The van der Waals surface area contributed by atoms with Gasteiger partial charge in [0.1, 0.15) is 0 Å². The lowest BCUT2D eigenvalue weighted by molar-refractivity contribution is -0.142. The molecule has 0 heterocycles. The first-order chi connectivity index (χ1) is 18.9. The van der Waals surface area contributed by atoms with Crippen LogP contribution in [0.4, 0.5) is 21.9 Å². The van der Waals surface area contributed by atoms with Crippen molar-refractivity contribution in [2.24, 2.45) is 0 Å². The first kappa shape index (κ1) is 30.1. The van der Waals surface area contributed by atoms with Crippen LogP contribution in [0.15, 0.2) is 82.6 Å². The average molecular weight is 548 g/mol. The minimum absolute atomic E-state index is 0.131. The second kappa shape index (κ2) is 15.8. The number of nitrogens with one attached hydrogen (secondary N) is 1. The third-order valence-electron chi connectivity index (χ3n) is 6.31. The second-order valence-electron chi connectivity index (χ2n) is 9.66. The van der Waals surface area contributed by atoms with Gasteiger partial charge in [0.25, 0.3) is 0 Å². The Morgan fingerprint density at radius 3 is 2.21 bits per heavy atom. The van der Waals surface area contributed by atoms with Crippen LogP contribution in [-0.2, 0) is 16.0 Å². The van der Waals surface area contributed by atoms with E-state index in [1.165, 1.54) is 19.3 Å². The van der Waals surface area contributed by atoms with Gasteiger partial charge in [0.2, 0.25) is 0 Å². The van der Waals surface area contributed by atoms with Gasteiger partial charge in [0.15, 0.2) is 0 Å². The Balaban J connectivity index is 1.72. The van der Waals surface area contributed by atoms with Gasteiger partial charge in [-0.25, -0.2) is 4.79 Å². The first-order valence-electron chi connectivity index (χ1n) is 13.8. The molecule has 0 aliphatic rings. The standard InChI is InChI=1S/C32H41N3O3S/c1-5-7-8-9-10-22-35(32(37)33-26-16-18-27(19-17-26)34(3)4)28-12-11-13-30(24-28)39-29-20-14-25(15-21-29)23-31(36)38-6-2/h11-21,24H,5-10,22-23H2,1-4H3,(H,33,37). The van der Waals surface area contributed by atoms with E-state index in [4.69, 9.17) is 4.74 Å². The van der Waals surface area contributed by atoms with Crippen LogP contribution in [-0.4, -0.2) is 39.2 Å². The third kappa shape index (κ3) is 9.98. The van der Waals surface area contributed by atoms with Crippen LogP contribution in [0.5, 0.6) is 0 Å². The van der Waals surface area contributed by atoms with E-state index in [1.807, 2.05) is 91.5 Å².